The number of aryl methyl sites for hydroxylation is 3. The molecular weight excluding hydrogens is 330 g/mol. The highest BCUT2D eigenvalue weighted by atomic mass is 16.6. The molecule has 0 bridgehead atoms. The van der Waals surface area contributed by atoms with Crippen LogP contribution in [0.5, 0.6) is 5.75 Å². The van der Waals surface area contributed by atoms with Crippen molar-refractivity contribution in [2.45, 2.75) is 66.5 Å². The van der Waals surface area contributed by atoms with Gasteiger partial charge in [0, 0.05) is 6.04 Å². The van der Waals surface area contributed by atoms with E-state index in [1.807, 2.05) is 44.7 Å². The monoisotopic (exact) mass is 359 g/mol. The number of nitrogens with zero attached hydrogens (tertiary/aromatic N) is 2. The van der Waals surface area contributed by atoms with Crippen molar-refractivity contribution in [1.29, 1.82) is 0 Å². The van der Waals surface area contributed by atoms with Crippen LogP contribution in [0, 0.1) is 30.9 Å². The Labute approximate surface area is 155 Å². The van der Waals surface area contributed by atoms with Crippen molar-refractivity contribution >= 4 is 0 Å². The van der Waals surface area contributed by atoms with Crippen LogP contribution in [-0.2, 0) is 0 Å². The number of nitrogens with two attached hydrogens (primary N) is 1. The Kier molecular flexibility index (Phi) is 5.95. The van der Waals surface area contributed by atoms with Crippen LogP contribution in [0.25, 0.3) is 0 Å². The van der Waals surface area contributed by atoms with Crippen molar-refractivity contribution in [2.75, 3.05) is 0 Å². The maximum Gasteiger partial charge on any atom is 0.351 e. The number of hydrogen-bond acceptors (Lipinski definition) is 5. The van der Waals surface area contributed by atoms with Gasteiger partial charge in [-0.1, -0.05) is 31.5 Å². The molecule has 1 aromatic carbocycles. The summed E-state index contributed by atoms with van der Waals surface area (Å²) in [5.41, 5.74) is 9.03. The minimum absolute atomic E-state index is 0.0790. The fourth-order valence-electron chi connectivity index (χ4n) is 3.74. The summed E-state index contributed by atoms with van der Waals surface area (Å²) < 4.78 is 6.23. The smallest absolute Gasteiger partial charge is 0.351 e. The molecule has 0 amide bonds. The lowest BCUT2D eigenvalue weighted by molar-refractivity contribution is -0.425. The van der Waals surface area contributed by atoms with Crippen LogP contribution in [-0.4, -0.2) is 21.9 Å². The fraction of sp³-hybridized carbons (Fsp3) is 0.500. The molecule has 6 nitrogen and oxygen atoms in total. The van der Waals surface area contributed by atoms with E-state index in [1.165, 1.54) is 0 Å². The molecule has 0 fully saturated rings. The zero-order valence-electron chi connectivity index (χ0n) is 16.5. The van der Waals surface area contributed by atoms with Gasteiger partial charge in [-0.2, -0.15) is 0 Å². The van der Waals surface area contributed by atoms with E-state index in [4.69, 9.17) is 10.5 Å². The average molecular weight is 359 g/mol. The number of nitro groups is 1. The van der Waals surface area contributed by atoms with Gasteiger partial charge in [0.05, 0.1) is 11.0 Å². The number of ether oxygens (including phenoxy) is 1. The summed E-state index contributed by atoms with van der Waals surface area (Å²) in [6.45, 7) is 12.1. The summed E-state index contributed by atoms with van der Waals surface area (Å²) in [7, 11) is 0. The first-order valence-corrected chi connectivity index (χ1v) is 9.11. The SMILES string of the molecule is CCC(CC)N1C(Oc2c(C)cc(C)cc2C)=C([N+](=O)[O-])C(N)=CC1C. The predicted octanol–water partition coefficient (Wildman–Crippen LogP) is 4.17. The molecule has 1 atom stereocenters. The topological polar surface area (TPSA) is 81.6 Å². The van der Waals surface area contributed by atoms with Crippen molar-refractivity contribution in [3.63, 3.8) is 0 Å². The molecule has 1 heterocycles. The van der Waals surface area contributed by atoms with Crippen LogP contribution in [0.3, 0.4) is 0 Å². The Morgan fingerprint density at radius 3 is 2.23 bits per heavy atom. The molecule has 0 aromatic heterocycles. The second-order valence-corrected chi connectivity index (χ2v) is 6.98. The van der Waals surface area contributed by atoms with Crippen LogP contribution >= 0.6 is 0 Å². The minimum Gasteiger partial charge on any atom is -0.434 e. The van der Waals surface area contributed by atoms with Crippen molar-refractivity contribution in [2.24, 2.45) is 5.73 Å². The van der Waals surface area contributed by atoms with Crippen molar-refractivity contribution in [3.05, 3.63) is 62.3 Å². The molecule has 1 unspecified atom stereocenters. The van der Waals surface area contributed by atoms with Gasteiger partial charge in [0.2, 0.25) is 0 Å². The summed E-state index contributed by atoms with van der Waals surface area (Å²) in [5, 5.41) is 11.8. The fourth-order valence-corrected chi connectivity index (χ4v) is 3.74. The van der Waals surface area contributed by atoms with Crippen molar-refractivity contribution in [3.8, 4) is 5.75 Å². The predicted molar refractivity (Wildman–Crippen MR) is 103 cm³/mol. The molecule has 1 aliphatic heterocycles. The molecule has 26 heavy (non-hydrogen) atoms. The van der Waals surface area contributed by atoms with Crippen LogP contribution < -0.4 is 10.5 Å². The Bertz CT molecular complexity index is 741. The van der Waals surface area contributed by atoms with E-state index in [0.717, 1.165) is 29.5 Å². The second kappa shape index (κ2) is 7.81. The summed E-state index contributed by atoms with van der Waals surface area (Å²) >= 11 is 0. The Hall–Kier alpha value is -2.50. The quantitative estimate of drug-likeness (QED) is 0.609. The van der Waals surface area contributed by atoms with E-state index in [2.05, 4.69) is 13.8 Å². The van der Waals surface area contributed by atoms with Gasteiger partial charge < -0.3 is 15.4 Å². The molecule has 6 heteroatoms. The lowest BCUT2D eigenvalue weighted by Crippen LogP contribution is -2.45. The lowest BCUT2D eigenvalue weighted by atomic mass is 10.0. The number of rotatable bonds is 6. The molecule has 2 rings (SSSR count). The van der Waals surface area contributed by atoms with Crippen LogP contribution in [0.4, 0.5) is 0 Å². The molecule has 0 spiro atoms. The largest absolute Gasteiger partial charge is 0.434 e. The van der Waals surface area contributed by atoms with E-state index < -0.39 is 4.92 Å². The van der Waals surface area contributed by atoms with Crippen LogP contribution in [0.15, 0.2) is 35.5 Å². The molecule has 0 radical (unpaired) electrons. The van der Waals surface area contributed by atoms with Crippen molar-refractivity contribution < 1.29 is 9.66 Å². The molecule has 0 saturated carbocycles. The third kappa shape index (κ3) is 3.69. The van der Waals surface area contributed by atoms with Crippen LogP contribution in [0.1, 0.15) is 50.3 Å². The summed E-state index contributed by atoms with van der Waals surface area (Å²) in [5.74, 6) is 0.897. The molecule has 2 N–H and O–H groups in total. The van der Waals surface area contributed by atoms with Crippen molar-refractivity contribution in [1.82, 2.24) is 4.90 Å². The highest BCUT2D eigenvalue weighted by molar-refractivity contribution is 5.45. The maximum atomic E-state index is 11.8. The average Bonchev–Trinajstić information content (AvgIpc) is 2.53. The summed E-state index contributed by atoms with van der Waals surface area (Å²) in [6, 6.07) is 4.08. The van der Waals surface area contributed by atoms with Gasteiger partial charge in [0.25, 0.3) is 5.88 Å². The lowest BCUT2D eigenvalue weighted by Gasteiger charge is -2.39. The van der Waals surface area contributed by atoms with E-state index in [-0.39, 0.29) is 29.4 Å². The number of benzene rings is 1. The van der Waals surface area contributed by atoms with Gasteiger partial charge in [-0.05, 0) is 57.7 Å². The zero-order chi connectivity index (χ0) is 19.6. The molecule has 142 valence electrons. The van der Waals surface area contributed by atoms with Gasteiger partial charge in [0.1, 0.15) is 11.4 Å². The van der Waals surface area contributed by atoms with Crippen LogP contribution in [0.2, 0.25) is 0 Å². The van der Waals surface area contributed by atoms with E-state index in [9.17, 15) is 10.1 Å². The third-order valence-electron chi connectivity index (χ3n) is 4.89. The second-order valence-electron chi connectivity index (χ2n) is 6.98. The Morgan fingerprint density at radius 2 is 1.77 bits per heavy atom. The Balaban J connectivity index is 2.65. The standard InChI is InChI=1S/C20H29N3O3/c1-7-16(8-2)22-15(6)11-17(21)18(23(24)25)20(22)26-19-13(4)9-12(3)10-14(19)5/h9-11,15-16H,7-8,21H2,1-6H3. The van der Waals surface area contributed by atoms with E-state index in [0.29, 0.717) is 5.75 Å². The van der Waals surface area contributed by atoms with E-state index >= 15 is 0 Å². The maximum absolute atomic E-state index is 11.8. The van der Waals surface area contributed by atoms with E-state index in [1.54, 1.807) is 6.08 Å². The summed E-state index contributed by atoms with van der Waals surface area (Å²) in [4.78, 5) is 13.3. The first-order valence-electron chi connectivity index (χ1n) is 9.11. The van der Waals surface area contributed by atoms with Gasteiger partial charge in [-0.3, -0.25) is 10.1 Å². The van der Waals surface area contributed by atoms with Gasteiger partial charge in [0.15, 0.2) is 0 Å². The molecular formula is C20H29N3O3. The normalized spacial score (nSPS) is 17.6. The third-order valence-corrected chi connectivity index (χ3v) is 4.89. The Morgan fingerprint density at radius 1 is 1.23 bits per heavy atom. The summed E-state index contributed by atoms with van der Waals surface area (Å²) in [6.07, 6.45) is 3.45. The van der Waals surface area contributed by atoms with Gasteiger partial charge >= 0.3 is 5.70 Å². The molecule has 0 saturated heterocycles. The number of hydrogen-bond donors (Lipinski definition) is 1. The van der Waals surface area contributed by atoms with Gasteiger partial charge in [-0.15, -0.1) is 0 Å². The van der Waals surface area contributed by atoms with Gasteiger partial charge in [-0.25, -0.2) is 0 Å². The first kappa shape index (κ1) is 19.8. The minimum atomic E-state index is -0.443. The highest BCUT2D eigenvalue weighted by Crippen LogP contribution is 2.34. The highest BCUT2D eigenvalue weighted by Gasteiger charge is 2.38. The first-order chi connectivity index (χ1) is 12.2. The molecule has 1 aromatic rings. The molecule has 0 aliphatic carbocycles. The zero-order valence-corrected chi connectivity index (χ0v) is 16.5. The molecule has 1 aliphatic rings.